The minimum atomic E-state index is -0.807. The first-order valence-corrected chi connectivity index (χ1v) is 11.2. The first-order valence-electron chi connectivity index (χ1n) is 11.2. The Balaban J connectivity index is 1.73. The van der Waals surface area contributed by atoms with Crippen LogP contribution in [-0.4, -0.2) is 72.6 Å². The van der Waals surface area contributed by atoms with Crippen molar-refractivity contribution in [1.82, 2.24) is 9.80 Å². The molecule has 0 aliphatic carbocycles. The summed E-state index contributed by atoms with van der Waals surface area (Å²) in [5.41, 5.74) is 0.863. The number of likely N-dealkylation sites (tertiary alicyclic amines) is 1. The lowest BCUT2D eigenvalue weighted by Crippen LogP contribution is -2.42. The summed E-state index contributed by atoms with van der Waals surface area (Å²) >= 11 is 0. The molecule has 0 bridgehead atoms. The predicted molar refractivity (Wildman–Crippen MR) is 125 cm³/mol. The van der Waals surface area contributed by atoms with Gasteiger partial charge < -0.3 is 19.5 Å². The van der Waals surface area contributed by atoms with Gasteiger partial charge >= 0.3 is 0 Å². The van der Waals surface area contributed by atoms with Crippen molar-refractivity contribution in [1.29, 1.82) is 0 Å². The molecule has 2 saturated heterocycles. The molecule has 2 aliphatic heterocycles. The first kappa shape index (κ1) is 23.7. The second kappa shape index (κ2) is 10.6. The fraction of sp³-hybridized carbons (Fsp3) is 0.308. The molecule has 2 fully saturated rings. The number of carbonyl (C=O) groups is 2. The molecule has 1 atom stereocenters. The zero-order chi connectivity index (χ0) is 24.1. The van der Waals surface area contributed by atoms with E-state index in [1.54, 1.807) is 30.3 Å². The highest BCUT2D eigenvalue weighted by atomic mass is 19.1. The van der Waals surface area contributed by atoms with Crippen molar-refractivity contribution in [2.45, 2.75) is 6.04 Å². The Hall–Kier alpha value is -3.49. The third kappa shape index (κ3) is 5.03. The largest absolute Gasteiger partial charge is 0.507 e. The van der Waals surface area contributed by atoms with Crippen LogP contribution >= 0.6 is 0 Å². The van der Waals surface area contributed by atoms with Gasteiger partial charge in [-0.2, -0.15) is 0 Å². The highest BCUT2D eigenvalue weighted by Crippen LogP contribution is 2.40. The standard InChI is InChI=1S/C26H27FN2O5/c1-2-14-34-21-5-3-4-19(17-21)23-22(24(30)18-6-8-20(27)9-7-18)25(31)26(32)29(23)11-10-28-12-15-33-16-13-28/h2-9,17,23,30H,1,10-16H2/t23-/m0/s1. The van der Waals surface area contributed by atoms with E-state index in [2.05, 4.69) is 11.5 Å². The summed E-state index contributed by atoms with van der Waals surface area (Å²) in [7, 11) is 0. The van der Waals surface area contributed by atoms with E-state index in [1.165, 1.54) is 29.2 Å². The average Bonchev–Trinajstić information content (AvgIpc) is 3.12. The van der Waals surface area contributed by atoms with E-state index < -0.39 is 23.5 Å². The molecule has 0 aromatic heterocycles. The van der Waals surface area contributed by atoms with Gasteiger partial charge in [0.05, 0.1) is 24.8 Å². The minimum Gasteiger partial charge on any atom is -0.507 e. The molecule has 178 valence electrons. The lowest BCUT2D eigenvalue weighted by Gasteiger charge is -2.31. The predicted octanol–water partition coefficient (Wildman–Crippen LogP) is 3.14. The molecule has 0 radical (unpaired) electrons. The number of nitrogens with zero attached hydrogens (tertiary/aromatic N) is 2. The molecule has 2 aliphatic rings. The van der Waals surface area contributed by atoms with E-state index in [0.717, 1.165) is 13.1 Å². The number of aliphatic hydroxyl groups is 1. The van der Waals surface area contributed by atoms with Crippen LogP contribution in [-0.2, 0) is 14.3 Å². The molecule has 34 heavy (non-hydrogen) atoms. The Labute approximate surface area is 197 Å². The second-order valence-electron chi connectivity index (χ2n) is 8.13. The molecule has 8 heteroatoms. The molecule has 2 aromatic rings. The Bertz CT molecular complexity index is 1090. The summed E-state index contributed by atoms with van der Waals surface area (Å²) in [6, 6.07) is 11.4. The maximum absolute atomic E-state index is 13.4. The Morgan fingerprint density at radius 1 is 1.15 bits per heavy atom. The number of morpholine rings is 1. The molecule has 0 unspecified atom stereocenters. The van der Waals surface area contributed by atoms with Crippen LogP contribution in [0, 0.1) is 5.82 Å². The number of amides is 1. The number of aliphatic hydroxyl groups excluding tert-OH is 1. The summed E-state index contributed by atoms with van der Waals surface area (Å²) in [5, 5.41) is 11.1. The van der Waals surface area contributed by atoms with Crippen molar-refractivity contribution in [3.8, 4) is 5.75 Å². The van der Waals surface area contributed by atoms with Crippen LogP contribution in [0.1, 0.15) is 17.2 Å². The summed E-state index contributed by atoms with van der Waals surface area (Å²) in [6.45, 7) is 7.55. The van der Waals surface area contributed by atoms with Crippen LogP contribution in [0.5, 0.6) is 5.75 Å². The maximum Gasteiger partial charge on any atom is 0.295 e. The van der Waals surface area contributed by atoms with Gasteiger partial charge in [-0.15, -0.1) is 0 Å². The van der Waals surface area contributed by atoms with Gasteiger partial charge in [-0.25, -0.2) is 4.39 Å². The van der Waals surface area contributed by atoms with E-state index in [-0.39, 0.29) is 16.9 Å². The number of benzene rings is 2. The molecule has 1 N–H and O–H groups in total. The maximum atomic E-state index is 13.4. The molecule has 7 nitrogen and oxygen atoms in total. The molecular weight excluding hydrogens is 439 g/mol. The number of carbonyl (C=O) groups excluding carboxylic acids is 2. The van der Waals surface area contributed by atoms with Crippen LogP contribution in [0.3, 0.4) is 0 Å². The van der Waals surface area contributed by atoms with E-state index in [0.29, 0.717) is 44.2 Å². The van der Waals surface area contributed by atoms with Gasteiger partial charge in [0.15, 0.2) is 0 Å². The third-order valence-corrected chi connectivity index (χ3v) is 5.96. The lowest BCUT2D eigenvalue weighted by molar-refractivity contribution is -0.140. The van der Waals surface area contributed by atoms with Gasteiger partial charge in [-0.1, -0.05) is 24.8 Å². The Kier molecular flexibility index (Phi) is 7.40. The minimum absolute atomic E-state index is 0.0283. The quantitative estimate of drug-likeness (QED) is 0.279. The SMILES string of the molecule is C=CCOc1cccc([C@H]2C(=C(O)c3ccc(F)cc3)C(=O)C(=O)N2CCN2CCOCC2)c1. The van der Waals surface area contributed by atoms with Crippen LogP contribution in [0.2, 0.25) is 0 Å². The summed E-state index contributed by atoms with van der Waals surface area (Å²) in [4.78, 5) is 29.9. The van der Waals surface area contributed by atoms with Crippen molar-refractivity contribution in [3.63, 3.8) is 0 Å². The molecular formula is C26H27FN2O5. The topological polar surface area (TPSA) is 79.3 Å². The lowest BCUT2D eigenvalue weighted by atomic mass is 9.95. The number of halogens is 1. The molecule has 0 saturated carbocycles. The van der Waals surface area contributed by atoms with Gasteiger partial charge in [0.1, 0.15) is 23.9 Å². The monoisotopic (exact) mass is 466 g/mol. The van der Waals surface area contributed by atoms with Crippen molar-refractivity contribution < 1.29 is 28.6 Å². The van der Waals surface area contributed by atoms with Gasteiger partial charge in [0, 0.05) is 31.7 Å². The number of ketones is 1. The number of Topliss-reactive ketones (excluding diaryl/α,β-unsaturated/α-hetero) is 1. The summed E-state index contributed by atoms with van der Waals surface area (Å²) in [6.07, 6.45) is 1.62. The molecule has 4 rings (SSSR count). The molecule has 2 heterocycles. The van der Waals surface area contributed by atoms with Gasteiger partial charge in [-0.05, 0) is 42.0 Å². The van der Waals surface area contributed by atoms with Gasteiger partial charge in [0.2, 0.25) is 0 Å². The number of ether oxygens (including phenoxy) is 2. The van der Waals surface area contributed by atoms with Crippen molar-refractivity contribution in [3.05, 3.63) is 83.7 Å². The van der Waals surface area contributed by atoms with Crippen LogP contribution < -0.4 is 4.74 Å². The smallest absolute Gasteiger partial charge is 0.295 e. The second-order valence-corrected chi connectivity index (χ2v) is 8.13. The average molecular weight is 467 g/mol. The van der Waals surface area contributed by atoms with Crippen molar-refractivity contribution in [2.75, 3.05) is 46.0 Å². The molecule has 2 aromatic carbocycles. The van der Waals surface area contributed by atoms with Crippen molar-refractivity contribution >= 4 is 17.4 Å². The van der Waals surface area contributed by atoms with E-state index >= 15 is 0 Å². The fourth-order valence-electron chi connectivity index (χ4n) is 4.22. The van der Waals surface area contributed by atoms with Crippen LogP contribution in [0.4, 0.5) is 4.39 Å². The highest BCUT2D eigenvalue weighted by Gasteiger charge is 2.46. The van der Waals surface area contributed by atoms with Crippen LogP contribution in [0.25, 0.3) is 5.76 Å². The third-order valence-electron chi connectivity index (χ3n) is 5.96. The first-order chi connectivity index (χ1) is 16.5. The molecule has 0 spiro atoms. The summed E-state index contributed by atoms with van der Waals surface area (Å²) in [5.74, 6) is -1.70. The number of rotatable bonds is 8. The number of hydrogen-bond acceptors (Lipinski definition) is 6. The zero-order valence-electron chi connectivity index (χ0n) is 18.8. The zero-order valence-corrected chi connectivity index (χ0v) is 18.8. The number of hydrogen-bond donors (Lipinski definition) is 1. The summed E-state index contributed by atoms with van der Waals surface area (Å²) < 4.78 is 24.5. The van der Waals surface area contributed by atoms with Crippen LogP contribution in [0.15, 0.2) is 66.8 Å². The highest BCUT2D eigenvalue weighted by molar-refractivity contribution is 6.46. The van der Waals surface area contributed by atoms with E-state index in [4.69, 9.17) is 9.47 Å². The molecule has 1 amide bonds. The van der Waals surface area contributed by atoms with Gasteiger partial charge in [-0.3, -0.25) is 14.5 Å². The van der Waals surface area contributed by atoms with Gasteiger partial charge in [0.25, 0.3) is 11.7 Å². The van der Waals surface area contributed by atoms with E-state index in [1.807, 2.05) is 0 Å². The normalized spacial score (nSPS) is 20.5. The Morgan fingerprint density at radius 3 is 2.59 bits per heavy atom. The van der Waals surface area contributed by atoms with Crippen molar-refractivity contribution in [2.24, 2.45) is 0 Å². The Morgan fingerprint density at radius 2 is 1.88 bits per heavy atom. The fourth-order valence-corrected chi connectivity index (χ4v) is 4.22. The van der Waals surface area contributed by atoms with E-state index in [9.17, 15) is 19.1 Å².